The van der Waals surface area contributed by atoms with Crippen LogP contribution in [0.4, 0.5) is 0 Å². The Kier molecular flexibility index (Phi) is 3.44. The van der Waals surface area contributed by atoms with Gasteiger partial charge in [0.15, 0.2) is 0 Å². The molecule has 0 unspecified atom stereocenters. The van der Waals surface area contributed by atoms with E-state index in [9.17, 15) is 0 Å². The fourth-order valence-corrected chi connectivity index (χ4v) is 1.40. The third-order valence-corrected chi connectivity index (χ3v) is 2.04. The average Bonchev–Trinajstić information content (AvgIpc) is 2.04. The van der Waals surface area contributed by atoms with Crippen LogP contribution in [0.3, 0.4) is 0 Å². The quantitative estimate of drug-likeness (QED) is 0.683. The highest BCUT2D eigenvalue weighted by molar-refractivity contribution is 6.30. The minimum absolute atomic E-state index is 0.374. The van der Waals surface area contributed by atoms with Gasteiger partial charge in [0.2, 0.25) is 0 Å². The molecule has 0 bridgehead atoms. The summed E-state index contributed by atoms with van der Waals surface area (Å²) in [5.41, 5.74) is 1.69. The summed E-state index contributed by atoms with van der Waals surface area (Å²) >= 11 is 16.9. The van der Waals surface area contributed by atoms with Crippen molar-refractivity contribution in [3.63, 3.8) is 0 Å². The van der Waals surface area contributed by atoms with Crippen molar-refractivity contribution in [2.45, 2.75) is 11.8 Å². The van der Waals surface area contributed by atoms with Gasteiger partial charge in [-0.15, -0.1) is 23.2 Å². The highest BCUT2D eigenvalue weighted by Gasteiger charge is 2.01. The summed E-state index contributed by atoms with van der Waals surface area (Å²) in [7, 11) is 0. The summed E-state index contributed by atoms with van der Waals surface area (Å²) in [4.78, 5) is 4.02. The van der Waals surface area contributed by atoms with Crippen LogP contribution in [0.2, 0.25) is 5.02 Å². The van der Waals surface area contributed by atoms with Crippen molar-refractivity contribution in [2.24, 2.45) is 0 Å². The highest BCUT2D eigenvalue weighted by Crippen LogP contribution is 2.16. The van der Waals surface area contributed by atoms with Crippen molar-refractivity contribution >= 4 is 34.8 Å². The first kappa shape index (κ1) is 9.11. The molecule has 0 aliphatic carbocycles. The predicted molar refractivity (Wildman–Crippen MR) is 48.4 cm³/mol. The number of aromatic nitrogens is 1. The zero-order chi connectivity index (χ0) is 8.27. The summed E-state index contributed by atoms with van der Waals surface area (Å²) in [5, 5.41) is 0.592. The number of halogens is 3. The molecule has 0 aliphatic heterocycles. The van der Waals surface area contributed by atoms with Crippen molar-refractivity contribution in [3.05, 3.63) is 28.5 Å². The first-order valence-corrected chi connectivity index (χ1v) is 4.48. The second-order valence-corrected chi connectivity index (χ2v) is 3.00. The Morgan fingerprint density at radius 1 is 1.27 bits per heavy atom. The van der Waals surface area contributed by atoms with Crippen molar-refractivity contribution in [1.29, 1.82) is 0 Å². The third-order valence-electron chi connectivity index (χ3n) is 1.30. The summed E-state index contributed by atoms with van der Waals surface area (Å²) in [6.07, 6.45) is 1.56. The van der Waals surface area contributed by atoms with Crippen LogP contribution < -0.4 is 0 Å². The molecule has 60 valence electrons. The number of hydrogen-bond acceptors (Lipinski definition) is 1. The van der Waals surface area contributed by atoms with Crippen molar-refractivity contribution in [1.82, 2.24) is 4.98 Å². The monoisotopic (exact) mass is 209 g/mol. The Labute approximate surface area is 80.3 Å². The van der Waals surface area contributed by atoms with Gasteiger partial charge < -0.3 is 0 Å². The van der Waals surface area contributed by atoms with E-state index in [0.717, 1.165) is 11.3 Å². The maximum absolute atomic E-state index is 5.69. The Balaban J connectivity index is 3.06. The maximum atomic E-state index is 5.69. The van der Waals surface area contributed by atoms with E-state index in [4.69, 9.17) is 34.8 Å². The lowest BCUT2D eigenvalue weighted by Crippen LogP contribution is -1.91. The Morgan fingerprint density at radius 3 is 2.55 bits per heavy atom. The van der Waals surface area contributed by atoms with E-state index in [1.807, 2.05) is 0 Å². The van der Waals surface area contributed by atoms with Gasteiger partial charge in [-0.1, -0.05) is 11.6 Å². The molecule has 11 heavy (non-hydrogen) atoms. The van der Waals surface area contributed by atoms with Crippen LogP contribution in [-0.4, -0.2) is 4.98 Å². The third kappa shape index (κ3) is 2.22. The van der Waals surface area contributed by atoms with Crippen molar-refractivity contribution in [3.8, 4) is 0 Å². The van der Waals surface area contributed by atoms with Crippen LogP contribution in [0.15, 0.2) is 12.3 Å². The SMILES string of the molecule is ClCc1cc(Cl)cnc1CCl. The minimum atomic E-state index is 0.374. The second kappa shape index (κ2) is 4.15. The van der Waals surface area contributed by atoms with Gasteiger partial charge in [0, 0.05) is 12.1 Å². The molecular weight excluding hydrogens is 204 g/mol. The van der Waals surface area contributed by atoms with Gasteiger partial charge in [0.05, 0.1) is 16.6 Å². The molecule has 0 spiro atoms. The largest absolute Gasteiger partial charge is 0.258 e. The summed E-state index contributed by atoms with van der Waals surface area (Å²) < 4.78 is 0. The van der Waals surface area contributed by atoms with E-state index in [1.165, 1.54) is 0 Å². The van der Waals surface area contributed by atoms with Crippen molar-refractivity contribution < 1.29 is 0 Å². The molecule has 1 rings (SSSR count). The van der Waals surface area contributed by atoms with Gasteiger partial charge in [-0.25, -0.2) is 0 Å². The van der Waals surface area contributed by atoms with E-state index >= 15 is 0 Å². The minimum Gasteiger partial charge on any atom is -0.258 e. The molecule has 0 amide bonds. The number of hydrogen-bond donors (Lipinski definition) is 0. The van der Waals surface area contributed by atoms with E-state index < -0.39 is 0 Å². The first-order chi connectivity index (χ1) is 5.27. The Morgan fingerprint density at radius 2 is 2.00 bits per heavy atom. The van der Waals surface area contributed by atoms with E-state index in [2.05, 4.69) is 4.98 Å². The summed E-state index contributed by atoms with van der Waals surface area (Å²) in [6.45, 7) is 0. The molecule has 1 heterocycles. The van der Waals surface area contributed by atoms with Gasteiger partial charge in [-0.05, 0) is 11.6 Å². The van der Waals surface area contributed by atoms with Crippen LogP contribution in [0, 0.1) is 0 Å². The van der Waals surface area contributed by atoms with Crippen LogP contribution in [-0.2, 0) is 11.8 Å². The topological polar surface area (TPSA) is 12.9 Å². The van der Waals surface area contributed by atoms with Crippen LogP contribution in [0.25, 0.3) is 0 Å². The molecule has 0 N–H and O–H groups in total. The molecule has 0 radical (unpaired) electrons. The van der Waals surface area contributed by atoms with Gasteiger partial charge in [-0.3, -0.25) is 4.98 Å². The van der Waals surface area contributed by atoms with Gasteiger partial charge in [0.25, 0.3) is 0 Å². The van der Waals surface area contributed by atoms with Crippen LogP contribution in [0.5, 0.6) is 0 Å². The molecule has 0 atom stereocenters. The zero-order valence-corrected chi connectivity index (χ0v) is 7.92. The number of rotatable bonds is 2. The molecule has 0 saturated carbocycles. The van der Waals surface area contributed by atoms with Crippen LogP contribution >= 0.6 is 34.8 Å². The van der Waals surface area contributed by atoms with E-state index in [0.29, 0.717) is 16.8 Å². The second-order valence-electron chi connectivity index (χ2n) is 2.03. The number of nitrogens with zero attached hydrogens (tertiary/aromatic N) is 1. The first-order valence-electron chi connectivity index (χ1n) is 3.03. The molecule has 1 aromatic heterocycles. The van der Waals surface area contributed by atoms with Gasteiger partial charge in [0.1, 0.15) is 0 Å². The molecule has 1 aromatic rings. The zero-order valence-electron chi connectivity index (χ0n) is 5.65. The maximum Gasteiger partial charge on any atom is 0.0650 e. The molecule has 0 aliphatic rings. The average molecular weight is 210 g/mol. The van der Waals surface area contributed by atoms with Gasteiger partial charge >= 0.3 is 0 Å². The lowest BCUT2D eigenvalue weighted by molar-refractivity contribution is 1.11. The van der Waals surface area contributed by atoms with Crippen LogP contribution in [0.1, 0.15) is 11.3 Å². The smallest absolute Gasteiger partial charge is 0.0650 e. The summed E-state index contributed by atoms with van der Waals surface area (Å²) in [5.74, 6) is 0.773. The molecule has 0 aromatic carbocycles. The van der Waals surface area contributed by atoms with Gasteiger partial charge in [-0.2, -0.15) is 0 Å². The van der Waals surface area contributed by atoms with E-state index in [-0.39, 0.29) is 0 Å². The Bertz CT molecular complexity index is 249. The number of pyridine rings is 1. The standard InChI is InChI=1S/C7H6Cl3N/c8-2-5-1-6(10)4-11-7(5)3-9/h1,4H,2-3H2. The molecule has 0 fully saturated rings. The molecule has 1 nitrogen and oxygen atoms in total. The molecular formula is C7H6Cl3N. The fraction of sp³-hybridized carbons (Fsp3) is 0.286. The fourth-order valence-electron chi connectivity index (χ4n) is 0.746. The molecule has 4 heteroatoms. The Hall–Kier alpha value is 0.0200. The van der Waals surface area contributed by atoms with Crippen molar-refractivity contribution in [2.75, 3.05) is 0 Å². The van der Waals surface area contributed by atoms with E-state index in [1.54, 1.807) is 12.3 Å². The molecule has 0 saturated heterocycles. The lowest BCUT2D eigenvalue weighted by atomic mass is 10.2. The predicted octanol–water partition coefficient (Wildman–Crippen LogP) is 3.21. The lowest BCUT2D eigenvalue weighted by Gasteiger charge is -2.01. The summed E-state index contributed by atoms with van der Waals surface area (Å²) in [6, 6.07) is 1.78. The normalized spacial score (nSPS) is 10.1. The number of alkyl halides is 2. The highest BCUT2D eigenvalue weighted by atomic mass is 35.5.